The standard InChI is InChI=1S/C9H10N2S2/c1-2-6-3-4-8(13-6)7-5-12-9(10)11-7/h3-5H,2H2,1H3,(H2,10,11)/p+1. The first-order valence-corrected chi connectivity index (χ1v) is 5.84. The Morgan fingerprint density at radius 3 is 2.85 bits per heavy atom. The van der Waals surface area contributed by atoms with Crippen molar-refractivity contribution >= 4 is 27.8 Å². The molecule has 2 rings (SSSR count). The molecule has 2 aromatic rings. The minimum Gasteiger partial charge on any atom is -0.278 e. The Kier molecular flexibility index (Phi) is 2.33. The molecular formula is C9H11N2S2+. The van der Waals surface area contributed by atoms with Gasteiger partial charge in [-0.15, -0.1) is 11.3 Å². The monoisotopic (exact) mass is 211 g/mol. The van der Waals surface area contributed by atoms with Crippen LogP contribution in [0.5, 0.6) is 0 Å². The molecule has 0 amide bonds. The minimum atomic E-state index is 0.765. The highest BCUT2D eigenvalue weighted by Crippen LogP contribution is 2.27. The molecule has 2 heterocycles. The van der Waals surface area contributed by atoms with Crippen LogP contribution in [0.15, 0.2) is 17.5 Å². The van der Waals surface area contributed by atoms with Gasteiger partial charge in [-0.05, 0) is 18.6 Å². The molecule has 0 fully saturated rings. The van der Waals surface area contributed by atoms with Gasteiger partial charge in [0.15, 0.2) is 5.69 Å². The largest absolute Gasteiger partial charge is 0.329 e. The van der Waals surface area contributed by atoms with E-state index in [9.17, 15) is 0 Å². The van der Waals surface area contributed by atoms with Crippen molar-refractivity contribution in [3.8, 4) is 10.6 Å². The summed E-state index contributed by atoms with van der Waals surface area (Å²) in [6.45, 7) is 2.17. The number of nitrogens with one attached hydrogen (secondary N) is 1. The number of anilines is 1. The Hall–Kier alpha value is -0.870. The Morgan fingerprint density at radius 1 is 1.46 bits per heavy atom. The number of hydrogen-bond acceptors (Lipinski definition) is 3. The maximum absolute atomic E-state index is 5.62. The van der Waals surface area contributed by atoms with Gasteiger partial charge in [0, 0.05) is 10.3 Å². The molecule has 0 aromatic carbocycles. The van der Waals surface area contributed by atoms with E-state index in [2.05, 4.69) is 29.4 Å². The summed E-state index contributed by atoms with van der Waals surface area (Å²) >= 11 is 3.36. The van der Waals surface area contributed by atoms with Crippen LogP contribution in [0.3, 0.4) is 0 Å². The van der Waals surface area contributed by atoms with E-state index in [1.54, 1.807) is 11.3 Å². The van der Waals surface area contributed by atoms with Crippen LogP contribution in [0.4, 0.5) is 5.13 Å². The van der Waals surface area contributed by atoms with Crippen molar-refractivity contribution in [3.63, 3.8) is 0 Å². The molecule has 0 unspecified atom stereocenters. The van der Waals surface area contributed by atoms with Crippen molar-refractivity contribution in [1.29, 1.82) is 0 Å². The van der Waals surface area contributed by atoms with Gasteiger partial charge in [0.2, 0.25) is 0 Å². The summed E-state index contributed by atoms with van der Waals surface area (Å²) in [6.07, 6.45) is 1.10. The molecule has 0 bridgehead atoms. The van der Waals surface area contributed by atoms with Gasteiger partial charge >= 0.3 is 5.13 Å². The second kappa shape index (κ2) is 3.47. The summed E-state index contributed by atoms with van der Waals surface area (Å²) in [6, 6.07) is 4.31. The molecule has 13 heavy (non-hydrogen) atoms. The van der Waals surface area contributed by atoms with E-state index in [0.29, 0.717) is 0 Å². The van der Waals surface area contributed by atoms with Crippen LogP contribution in [0.25, 0.3) is 10.6 Å². The molecule has 3 N–H and O–H groups in total. The van der Waals surface area contributed by atoms with Crippen LogP contribution >= 0.6 is 22.7 Å². The SMILES string of the molecule is CCc1ccc(-c2csc(N)[nH+]2)s1. The van der Waals surface area contributed by atoms with Crippen molar-refractivity contribution in [2.75, 3.05) is 5.73 Å². The average molecular weight is 211 g/mol. The summed E-state index contributed by atoms with van der Waals surface area (Å²) in [5.41, 5.74) is 6.75. The lowest BCUT2D eigenvalue weighted by Gasteiger charge is -1.85. The molecule has 0 saturated carbocycles. The topological polar surface area (TPSA) is 40.2 Å². The molecule has 4 heteroatoms. The van der Waals surface area contributed by atoms with Crippen LogP contribution in [0.1, 0.15) is 11.8 Å². The van der Waals surface area contributed by atoms with Crippen LogP contribution in [-0.2, 0) is 6.42 Å². The highest BCUT2D eigenvalue weighted by Gasteiger charge is 2.08. The molecule has 0 spiro atoms. The fourth-order valence-electron chi connectivity index (χ4n) is 1.15. The predicted molar refractivity (Wildman–Crippen MR) is 58.0 cm³/mol. The molecule has 0 aliphatic rings. The first-order chi connectivity index (χ1) is 6.29. The molecule has 0 saturated heterocycles. The maximum Gasteiger partial charge on any atom is 0.329 e. The van der Waals surface area contributed by atoms with Gasteiger partial charge in [0.25, 0.3) is 0 Å². The molecule has 2 aromatic heterocycles. The quantitative estimate of drug-likeness (QED) is 0.814. The Bertz CT molecular complexity index is 403. The number of aryl methyl sites for hydroxylation is 1. The lowest BCUT2D eigenvalue weighted by Crippen LogP contribution is -2.05. The predicted octanol–water partition coefficient (Wildman–Crippen LogP) is 2.44. The smallest absolute Gasteiger partial charge is 0.278 e. The van der Waals surface area contributed by atoms with E-state index in [-0.39, 0.29) is 0 Å². The summed E-state index contributed by atoms with van der Waals surface area (Å²) in [4.78, 5) is 5.82. The van der Waals surface area contributed by atoms with E-state index in [0.717, 1.165) is 17.2 Å². The van der Waals surface area contributed by atoms with E-state index < -0.39 is 0 Å². The summed E-state index contributed by atoms with van der Waals surface area (Å²) < 4.78 is 0. The number of thiazole rings is 1. The number of nitrogen functional groups attached to an aromatic ring is 1. The number of aromatic nitrogens is 1. The number of thiophene rings is 1. The minimum absolute atomic E-state index is 0.765. The Labute approximate surface area is 85.1 Å². The molecule has 68 valence electrons. The first kappa shape index (κ1) is 8.72. The van der Waals surface area contributed by atoms with E-state index in [4.69, 9.17) is 5.73 Å². The highest BCUT2D eigenvalue weighted by atomic mass is 32.1. The first-order valence-electron chi connectivity index (χ1n) is 4.15. The Balaban J connectivity index is 2.35. The fourth-order valence-corrected chi connectivity index (χ4v) is 2.74. The second-order valence-electron chi connectivity index (χ2n) is 2.76. The van der Waals surface area contributed by atoms with Gasteiger partial charge in [-0.1, -0.05) is 18.3 Å². The molecule has 0 atom stereocenters. The van der Waals surface area contributed by atoms with E-state index >= 15 is 0 Å². The van der Waals surface area contributed by atoms with E-state index in [1.807, 2.05) is 11.3 Å². The molecule has 2 nitrogen and oxygen atoms in total. The molecule has 0 aliphatic heterocycles. The lowest BCUT2D eigenvalue weighted by atomic mass is 10.3. The van der Waals surface area contributed by atoms with Gasteiger partial charge < -0.3 is 0 Å². The fraction of sp³-hybridized carbons (Fsp3) is 0.222. The van der Waals surface area contributed by atoms with Crippen molar-refractivity contribution in [2.24, 2.45) is 0 Å². The number of aromatic amines is 1. The summed E-state index contributed by atoms with van der Waals surface area (Å²) in [7, 11) is 0. The zero-order valence-electron chi connectivity index (χ0n) is 7.33. The lowest BCUT2D eigenvalue weighted by molar-refractivity contribution is -0.340. The second-order valence-corrected chi connectivity index (χ2v) is 4.84. The average Bonchev–Trinajstić information content (AvgIpc) is 2.71. The van der Waals surface area contributed by atoms with Crippen LogP contribution in [-0.4, -0.2) is 0 Å². The van der Waals surface area contributed by atoms with Crippen molar-refractivity contribution < 1.29 is 4.98 Å². The normalized spacial score (nSPS) is 10.5. The van der Waals surface area contributed by atoms with Crippen LogP contribution in [0, 0.1) is 0 Å². The van der Waals surface area contributed by atoms with Gasteiger partial charge in [-0.3, -0.25) is 5.73 Å². The molecule has 0 radical (unpaired) electrons. The molecular weight excluding hydrogens is 200 g/mol. The third kappa shape index (κ3) is 1.73. The number of nitrogens with two attached hydrogens (primary N) is 1. The van der Waals surface area contributed by atoms with Crippen molar-refractivity contribution in [2.45, 2.75) is 13.3 Å². The number of H-pyrrole nitrogens is 1. The van der Waals surface area contributed by atoms with Crippen molar-refractivity contribution in [1.82, 2.24) is 0 Å². The van der Waals surface area contributed by atoms with E-state index in [1.165, 1.54) is 9.75 Å². The van der Waals surface area contributed by atoms with Crippen LogP contribution < -0.4 is 10.7 Å². The van der Waals surface area contributed by atoms with Crippen LogP contribution in [0.2, 0.25) is 0 Å². The van der Waals surface area contributed by atoms with Gasteiger partial charge in [0.1, 0.15) is 0 Å². The van der Waals surface area contributed by atoms with Gasteiger partial charge in [0.05, 0.1) is 4.88 Å². The summed E-state index contributed by atoms with van der Waals surface area (Å²) in [5, 5.41) is 2.82. The third-order valence-electron chi connectivity index (χ3n) is 1.84. The zero-order chi connectivity index (χ0) is 9.26. The highest BCUT2D eigenvalue weighted by molar-refractivity contribution is 7.16. The molecule has 0 aliphatic carbocycles. The number of hydrogen-bond donors (Lipinski definition) is 1. The van der Waals surface area contributed by atoms with Gasteiger partial charge in [-0.2, -0.15) is 0 Å². The van der Waals surface area contributed by atoms with Gasteiger partial charge in [-0.25, -0.2) is 4.98 Å². The Morgan fingerprint density at radius 2 is 2.31 bits per heavy atom. The zero-order valence-corrected chi connectivity index (χ0v) is 8.97. The third-order valence-corrected chi connectivity index (χ3v) is 3.81. The number of rotatable bonds is 2. The maximum atomic E-state index is 5.62. The summed E-state index contributed by atoms with van der Waals surface area (Å²) in [5.74, 6) is 0. The van der Waals surface area contributed by atoms with Crippen molar-refractivity contribution in [3.05, 3.63) is 22.4 Å².